The Bertz CT molecular complexity index is 317. The minimum absolute atomic E-state index is 0.205. The van der Waals surface area contributed by atoms with Crippen LogP contribution in [0.15, 0.2) is 6.07 Å². The fourth-order valence-corrected chi connectivity index (χ4v) is 1.43. The summed E-state index contributed by atoms with van der Waals surface area (Å²) in [6.45, 7) is 1.62. The zero-order chi connectivity index (χ0) is 10.0. The highest BCUT2D eigenvalue weighted by Gasteiger charge is 2.16. The van der Waals surface area contributed by atoms with E-state index in [9.17, 15) is 8.78 Å². The quantitative estimate of drug-likeness (QED) is 0.783. The highest BCUT2D eigenvalue weighted by Crippen LogP contribution is 2.26. The molecule has 0 aromatic carbocycles. The fraction of sp³-hybridized carbons (Fsp3) is 0.375. The zero-order valence-corrected chi connectivity index (χ0v) is 9.30. The Labute approximate surface area is 88.5 Å². The predicted octanol–water partition coefficient (Wildman–Crippen LogP) is 2.94. The van der Waals surface area contributed by atoms with E-state index in [0.29, 0.717) is 5.56 Å². The molecule has 0 bridgehead atoms. The second kappa shape index (κ2) is 4.17. The molecule has 0 saturated carbocycles. The summed E-state index contributed by atoms with van der Waals surface area (Å²) in [5.41, 5.74) is 0.306. The Morgan fingerprint density at radius 2 is 2.15 bits per heavy atom. The first kappa shape index (κ1) is 10.6. The highest BCUT2D eigenvalue weighted by molar-refractivity contribution is 14.1. The van der Waals surface area contributed by atoms with Gasteiger partial charge in [0.15, 0.2) is 0 Å². The summed E-state index contributed by atoms with van der Waals surface area (Å²) < 4.78 is 30.3. The van der Waals surface area contributed by atoms with Gasteiger partial charge in [0.1, 0.15) is 5.69 Å². The topological polar surface area (TPSA) is 22.1 Å². The minimum atomic E-state index is -2.55. The van der Waals surface area contributed by atoms with E-state index in [-0.39, 0.29) is 11.6 Å². The van der Waals surface area contributed by atoms with E-state index in [1.807, 2.05) is 22.6 Å². The van der Waals surface area contributed by atoms with Crippen molar-refractivity contribution in [3.05, 3.63) is 20.9 Å². The molecule has 0 atom stereocenters. The highest BCUT2D eigenvalue weighted by atomic mass is 127. The monoisotopic (exact) mass is 299 g/mol. The van der Waals surface area contributed by atoms with Gasteiger partial charge in [-0.15, -0.1) is 0 Å². The summed E-state index contributed by atoms with van der Waals surface area (Å²) in [6.07, 6.45) is -2.55. The van der Waals surface area contributed by atoms with E-state index in [0.717, 1.165) is 3.57 Å². The molecule has 0 spiro atoms. The third-order valence-corrected chi connectivity index (χ3v) is 2.76. The maximum atomic E-state index is 12.4. The normalized spacial score (nSPS) is 10.6. The van der Waals surface area contributed by atoms with Gasteiger partial charge in [-0.2, -0.15) is 0 Å². The Morgan fingerprint density at radius 3 is 2.62 bits per heavy atom. The van der Waals surface area contributed by atoms with Crippen molar-refractivity contribution in [1.82, 2.24) is 4.98 Å². The zero-order valence-electron chi connectivity index (χ0n) is 7.14. The number of methoxy groups -OCH3 is 1. The SMILES string of the molecule is COc1cc(I)c(C)c(C(F)F)n1. The van der Waals surface area contributed by atoms with Gasteiger partial charge in [0, 0.05) is 9.64 Å². The van der Waals surface area contributed by atoms with E-state index < -0.39 is 6.43 Å². The number of nitrogens with zero attached hydrogens (tertiary/aromatic N) is 1. The number of pyridine rings is 1. The second-order valence-corrected chi connectivity index (χ2v) is 3.62. The molecule has 1 aromatic heterocycles. The molecule has 1 rings (SSSR count). The molecule has 1 heterocycles. The van der Waals surface area contributed by atoms with Crippen molar-refractivity contribution in [2.75, 3.05) is 7.11 Å². The van der Waals surface area contributed by atoms with Crippen LogP contribution in [0, 0.1) is 10.5 Å². The van der Waals surface area contributed by atoms with Crippen LogP contribution in [0.5, 0.6) is 5.88 Å². The Kier molecular flexibility index (Phi) is 3.40. The van der Waals surface area contributed by atoms with Crippen molar-refractivity contribution in [2.45, 2.75) is 13.3 Å². The lowest BCUT2D eigenvalue weighted by atomic mass is 10.2. The van der Waals surface area contributed by atoms with Gasteiger partial charge < -0.3 is 4.74 Å². The molecular weight excluding hydrogens is 291 g/mol. The van der Waals surface area contributed by atoms with Gasteiger partial charge in [0.2, 0.25) is 5.88 Å². The number of aromatic nitrogens is 1. The van der Waals surface area contributed by atoms with E-state index in [1.54, 1.807) is 13.0 Å². The molecule has 1 aromatic rings. The van der Waals surface area contributed by atoms with Gasteiger partial charge in [0.25, 0.3) is 6.43 Å². The van der Waals surface area contributed by atoms with Crippen molar-refractivity contribution in [2.24, 2.45) is 0 Å². The van der Waals surface area contributed by atoms with Gasteiger partial charge >= 0.3 is 0 Å². The first-order valence-electron chi connectivity index (χ1n) is 3.55. The van der Waals surface area contributed by atoms with Gasteiger partial charge in [-0.05, 0) is 35.1 Å². The van der Waals surface area contributed by atoms with Crippen molar-refractivity contribution < 1.29 is 13.5 Å². The summed E-state index contributed by atoms with van der Waals surface area (Å²) in [6, 6.07) is 1.63. The summed E-state index contributed by atoms with van der Waals surface area (Å²) in [7, 11) is 1.41. The standard InChI is InChI=1S/C8H8F2INO/c1-4-5(11)3-6(13-2)12-7(4)8(9)10/h3,8H,1-2H3. The van der Waals surface area contributed by atoms with Crippen LogP contribution in [0.4, 0.5) is 8.78 Å². The number of alkyl halides is 2. The summed E-state index contributed by atoms with van der Waals surface area (Å²) in [4.78, 5) is 3.67. The first-order chi connectivity index (χ1) is 6.06. The molecular formula is C8H8F2INO. The number of halogens is 3. The number of ether oxygens (including phenoxy) is 1. The van der Waals surface area contributed by atoms with Crippen LogP contribution >= 0.6 is 22.6 Å². The molecule has 13 heavy (non-hydrogen) atoms. The predicted molar refractivity (Wildman–Crippen MR) is 53.2 cm³/mol. The number of hydrogen-bond donors (Lipinski definition) is 0. The van der Waals surface area contributed by atoms with Crippen LogP contribution in [-0.4, -0.2) is 12.1 Å². The molecule has 0 unspecified atom stereocenters. The maximum Gasteiger partial charge on any atom is 0.280 e. The Hall–Kier alpha value is -0.460. The van der Waals surface area contributed by atoms with Gasteiger partial charge in [0.05, 0.1) is 7.11 Å². The van der Waals surface area contributed by atoms with Crippen LogP contribution in [0.2, 0.25) is 0 Å². The van der Waals surface area contributed by atoms with E-state index >= 15 is 0 Å². The largest absolute Gasteiger partial charge is 0.481 e. The molecule has 0 amide bonds. The molecule has 0 aliphatic rings. The molecule has 0 aliphatic carbocycles. The van der Waals surface area contributed by atoms with Crippen molar-refractivity contribution in [1.29, 1.82) is 0 Å². The maximum absolute atomic E-state index is 12.4. The lowest BCUT2D eigenvalue weighted by Gasteiger charge is -2.08. The summed E-state index contributed by atoms with van der Waals surface area (Å²) in [5.74, 6) is 0.227. The molecule has 2 nitrogen and oxygen atoms in total. The fourth-order valence-electron chi connectivity index (χ4n) is 0.891. The lowest BCUT2D eigenvalue weighted by molar-refractivity contribution is 0.144. The Morgan fingerprint density at radius 1 is 1.54 bits per heavy atom. The third-order valence-electron chi connectivity index (χ3n) is 1.64. The molecule has 0 aliphatic heterocycles. The lowest BCUT2D eigenvalue weighted by Crippen LogP contribution is -1.99. The third kappa shape index (κ3) is 2.26. The van der Waals surface area contributed by atoms with Crippen LogP contribution in [0.25, 0.3) is 0 Å². The van der Waals surface area contributed by atoms with Crippen molar-refractivity contribution in [3.63, 3.8) is 0 Å². The first-order valence-corrected chi connectivity index (χ1v) is 4.63. The Balaban J connectivity index is 3.25. The summed E-state index contributed by atoms with van der Waals surface area (Å²) >= 11 is 1.98. The van der Waals surface area contributed by atoms with Crippen LogP contribution in [-0.2, 0) is 0 Å². The smallest absolute Gasteiger partial charge is 0.280 e. The summed E-state index contributed by atoms with van der Waals surface area (Å²) in [5, 5.41) is 0. The van der Waals surface area contributed by atoms with Crippen molar-refractivity contribution in [3.8, 4) is 5.88 Å². The van der Waals surface area contributed by atoms with Crippen LogP contribution < -0.4 is 4.74 Å². The average Bonchev–Trinajstić information content (AvgIpc) is 2.09. The van der Waals surface area contributed by atoms with Crippen LogP contribution in [0.3, 0.4) is 0 Å². The van der Waals surface area contributed by atoms with Crippen molar-refractivity contribution >= 4 is 22.6 Å². The molecule has 72 valence electrons. The second-order valence-electron chi connectivity index (χ2n) is 2.46. The molecule has 0 fully saturated rings. The van der Waals surface area contributed by atoms with Crippen LogP contribution in [0.1, 0.15) is 17.7 Å². The van der Waals surface area contributed by atoms with Gasteiger partial charge in [-0.3, -0.25) is 0 Å². The molecule has 0 saturated heterocycles. The molecule has 0 radical (unpaired) electrons. The molecule has 0 N–H and O–H groups in total. The van der Waals surface area contributed by atoms with E-state index in [4.69, 9.17) is 4.74 Å². The minimum Gasteiger partial charge on any atom is -0.481 e. The average molecular weight is 299 g/mol. The van der Waals surface area contributed by atoms with Gasteiger partial charge in [-0.1, -0.05) is 0 Å². The number of rotatable bonds is 2. The van der Waals surface area contributed by atoms with E-state index in [2.05, 4.69) is 4.98 Å². The van der Waals surface area contributed by atoms with Gasteiger partial charge in [-0.25, -0.2) is 13.8 Å². The number of hydrogen-bond acceptors (Lipinski definition) is 2. The molecule has 5 heteroatoms. The van der Waals surface area contributed by atoms with E-state index in [1.165, 1.54) is 7.11 Å².